The van der Waals surface area contributed by atoms with Gasteiger partial charge in [-0.05, 0) is 55.8 Å². The van der Waals surface area contributed by atoms with Gasteiger partial charge < -0.3 is 10.6 Å². The Morgan fingerprint density at radius 3 is 2.52 bits per heavy atom. The van der Waals surface area contributed by atoms with E-state index >= 15 is 0 Å². The lowest BCUT2D eigenvalue weighted by atomic mass is 10.1. The van der Waals surface area contributed by atoms with Gasteiger partial charge in [0.05, 0.1) is 34.4 Å². The van der Waals surface area contributed by atoms with Crippen LogP contribution in [0.4, 0.5) is 5.69 Å². The quantitative estimate of drug-likeness (QED) is 0.527. The van der Waals surface area contributed by atoms with Crippen LogP contribution in [0.2, 0.25) is 5.02 Å². The summed E-state index contributed by atoms with van der Waals surface area (Å²) in [4.78, 5) is 25.3. The average Bonchev–Trinajstić information content (AvgIpc) is 3.08. The van der Waals surface area contributed by atoms with Gasteiger partial charge >= 0.3 is 0 Å². The van der Waals surface area contributed by atoms with Crippen LogP contribution in [-0.2, 0) is 0 Å². The predicted octanol–water partition coefficient (Wildman–Crippen LogP) is 4.99. The Kier molecular flexibility index (Phi) is 6.71. The molecule has 1 heterocycles. The first-order valence-corrected chi connectivity index (χ1v) is 10.3. The fraction of sp³-hybridized carbons (Fsp3) is 0.190. The van der Waals surface area contributed by atoms with Crippen molar-refractivity contribution < 1.29 is 9.59 Å². The smallest absolute Gasteiger partial charge is 0.259 e. The molecular weight excluding hydrogens is 456 g/mol. The summed E-state index contributed by atoms with van der Waals surface area (Å²) < 4.78 is 2.65. The number of anilines is 1. The number of benzene rings is 2. The minimum absolute atomic E-state index is 0.263. The molecule has 29 heavy (non-hydrogen) atoms. The molecule has 0 unspecified atom stereocenters. The Morgan fingerprint density at radius 1 is 1.10 bits per heavy atom. The van der Waals surface area contributed by atoms with Crippen LogP contribution >= 0.6 is 27.5 Å². The lowest BCUT2D eigenvalue weighted by Crippen LogP contribution is -2.26. The molecule has 0 saturated carbocycles. The zero-order valence-corrected chi connectivity index (χ0v) is 18.3. The maximum absolute atomic E-state index is 12.9. The number of rotatable bonds is 6. The van der Waals surface area contributed by atoms with Crippen molar-refractivity contribution >= 4 is 45.0 Å². The number of amides is 2. The van der Waals surface area contributed by atoms with Crippen molar-refractivity contribution in [3.8, 4) is 5.69 Å². The van der Waals surface area contributed by atoms with Crippen LogP contribution in [0, 0.1) is 6.92 Å². The lowest BCUT2D eigenvalue weighted by Gasteiger charge is -2.12. The van der Waals surface area contributed by atoms with E-state index in [-0.39, 0.29) is 11.8 Å². The molecule has 0 aliphatic rings. The third-order valence-electron chi connectivity index (χ3n) is 4.34. The highest BCUT2D eigenvalue weighted by Crippen LogP contribution is 2.23. The van der Waals surface area contributed by atoms with Crippen molar-refractivity contribution in [2.75, 3.05) is 11.9 Å². The van der Waals surface area contributed by atoms with Crippen LogP contribution in [0.1, 0.15) is 39.8 Å². The van der Waals surface area contributed by atoms with Gasteiger partial charge in [-0.3, -0.25) is 9.59 Å². The van der Waals surface area contributed by atoms with Crippen molar-refractivity contribution in [3.05, 3.63) is 75.0 Å². The van der Waals surface area contributed by atoms with E-state index in [0.29, 0.717) is 34.1 Å². The molecule has 3 rings (SSSR count). The highest BCUT2D eigenvalue weighted by Gasteiger charge is 2.19. The van der Waals surface area contributed by atoms with E-state index < -0.39 is 0 Å². The predicted molar refractivity (Wildman–Crippen MR) is 118 cm³/mol. The zero-order valence-electron chi connectivity index (χ0n) is 16.0. The van der Waals surface area contributed by atoms with Crippen molar-refractivity contribution in [3.63, 3.8) is 0 Å². The van der Waals surface area contributed by atoms with E-state index in [1.165, 1.54) is 6.20 Å². The molecular formula is C21H20BrClN4O2. The van der Waals surface area contributed by atoms with Crippen LogP contribution < -0.4 is 10.6 Å². The van der Waals surface area contributed by atoms with Gasteiger partial charge in [0.1, 0.15) is 0 Å². The van der Waals surface area contributed by atoms with Crippen LogP contribution in [0.5, 0.6) is 0 Å². The van der Waals surface area contributed by atoms with Gasteiger partial charge in [0, 0.05) is 16.0 Å². The first kappa shape index (κ1) is 21.1. The molecule has 0 saturated heterocycles. The van der Waals surface area contributed by atoms with Gasteiger partial charge in [-0.1, -0.05) is 34.5 Å². The van der Waals surface area contributed by atoms with Gasteiger partial charge in [0.25, 0.3) is 11.8 Å². The van der Waals surface area contributed by atoms with Gasteiger partial charge in [0.15, 0.2) is 0 Å². The third-order valence-corrected chi connectivity index (χ3v) is 5.10. The summed E-state index contributed by atoms with van der Waals surface area (Å²) in [5.74, 6) is -0.626. The summed E-state index contributed by atoms with van der Waals surface area (Å²) in [7, 11) is 0. The number of carbonyl (C=O) groups excluding carboxylic acids is 2. The molecule has 0 aliphatic heterocycles. The Morgan fingerprint density at radius 2 is 1.83 bits per heavy atom. The number of aromatic nitrogens is 2. The number of hydrogen-bond acceptors (Lipinski definition) is 3. The standard InChI is InChI=1S/C21H20BrClN4O2/c1-3-10-24-20(28)17-9-6-15(23)11-19(17)26-21(29)18-12-25-27(13(18)2)16-7-4-14(22)5-8-16/h4-9,11-12H,3,10H2,1-2H3,(H,24,28)(H,26,29). The molecule has 8 heteroatoms. The van der Waals surface area contributed by atoms with Crippen LogP contribution in [-0.4, -0.2) is 28.1 Å². The molecule has 3 aromatic rings. The Labute approximate surface area is 182 Å². The molecule has 0 bridgehead atoms. The van der Waals surface area contributed by atoms with Crippen molar-refractivity contribution in [1.29, 1.82) is 0 Å². The molecule has 2 N–H and O–H groups in total. The Balaban J connectivity index is 1.87. The van der Waals surface area contributed by atoms with Gasteiger partial charge in [0.2, 0.25) is 0 Å². The second-order valence-corrected chi connectivity index (χ2v) is 7.78. The second-order valence-electron chi connectivity index (χ2n) is 6.43. The summed E-state index contributed by atoms with van der Waals surface area (Å²) in [6.07, 6.45) is 2.32. The van der Waals surface area contributed by atoms with Crippen molar-refractivity contribution in [2.24, 2.45) is 0 Å². The van der Waals surface area contributed by atoms with Crippen molar-refractivity contribution in [1.82, 2.24) is 15.1 Å². The fourth-order valence-corrected chi connectivity index (χ4v) is 3.25. The maximum atomic E-state index is 12.9. The minimum atomic E-state index is -0.363. The average molecular weight is 476 g/mol. The molecule has 0 aliphatic carbocycles. The number of nitrogens with one attached hydrogen (secondary N) is 2. The highest BCUT2D eigenvalue weighted by molar-refractivity contribution is 9.10. The van der Waals surface area contributed by atoms with Gasteiger partial charge in [-0.2, -0.15) is 5.10 Å². The lowest BCUT2D eigenvalue weighted by molar-refractivity contribution is 0.0954. The Hall–Kier alpha value is -2.64. The van der Waals surface area contributed by atoms with Gasteiger partial charge in [-0.25, -0.2) is 4.68 Å². The summed E-state index contributed by atoms with van der Waals surface area (Å²) in [5, 5.41) is 10.4. The summed E-state index contributed by atoms with van der Waals surface area (Å²) >= 11 is 9.48. The molecule has 0 fully saturated rings. The normalized spacial score (nSPS) is 10.6. The first-order valence-electron chi connectivity index (χ1n) is 9.10. The molecule has 0 spiro atoms. The van der Waals surface area contributed by atoms with Crippen LogP contribution in [0.25, 0.3) is 5.69 Å². The number of carbonyl (C=O) groups is 2. The van der Waals surface area contributed by atoms with E-state index in [4.69, 9.17) is 11.6 Å². The summed E-state index contributed by atoms with van der Waals surface area (Å²) in [5.41, 5.74) is 2.64. The van der Waals surface area contributed by atoms with E-state index in [1.54, 1.807) is 22.9 Å². The summed E-state index contributed by atoms with van der Waals surface area (Å²) in [6, 6.07) is 12.4. The molecule has 1 aromatic heterocycles. The number of nitrogens with zero attached hydrogens (tertiary/aromatic N) is 2. The van der Waals surface area contributed by atoms with E-state index in [2.05, 4.69) is 31.7 Å². The second kappa shape index (κ2) is 9.24. The largest absolute Gasteiger partial charge is 0.352 e. The van der Waals surface area contributed by atoms with E-state index in [9.17, 15) is 9.59 Å². The highest BCUT2D eigenvalue weighted by atomic mass is 79.9. The van der Waals surface area contributed by atoms with Crippen LogP contribution in [0.15, 0.2) is 53.1 Å². The minimum Gasteiger partial charge on any atom is -0.352 e. The molecule has 6 nitrogen and oxygen atoms in total. The van der Waals surface area contributed by atoms with E-state index in [0.717, 1.165) is 16.6 Å². The Bertz CT molecular complexity index is 1050. The first-order chi connectivity index (χ1) is 13.9. The van der Waals surface area contributed by atoms with E-state index in [1.807, 2.05) is 38.1 Å². The molecule has 2 amide bonds. The third kappa shape index (κ3) is 4.86. The fourth-order valence-electron chi connectivity index (χ4n) is 2.82. The molecule has 0 atom stereocenters. The maximum Gasteiger partial charge on any atom is 0.259 e. The zero-order chi connectivity index (χ0) is 21.0. The molecule has 2 aromatic carbocycles. The monoisotopic (exact) mass is 474 g/mol. The SMILES string of the molecule is CCCNC(=O)c1ccc(Cl)cc1NC(=O)c1cnn(-c2ccc(Br)cc2)c1C. The van der Waals surface area contributed by atoms with Crippen LogP contribution in [0.3, 0.4) is 0 Å². The topological polar surface area (TPSA) is 76.0 Å². The number of halogens is 2. The van der Waals surface area contributed by atoms with Gasteiger partial charge in [-0.15, -0.1) is 0 Å². The molecule has 150 valence electrons. The summed E-state index contributed by atoms with van der Waals surface area (Å²) in [6.45, 7) is 4.33. The number of hydrogen-bond donors (Lipinski definition) is 2. The molecule has 0 radical (unpaired) electrons. The van der Waals surface area contributed by atoms with Crippen molar-refractivity contribution in [2.45, 2.75) is 20.3 Å².